The van der Waals surface area contributed by atoms with Gasteiger partial charge >= 0.3 is 0 Å². The maximum atomic E-state index is 9.43. The van der Waals surface area contributed by atoms with Crippen molar-refractivity contribution in [1.29, 1.82) is 0 Å². The predicted octanol–water partition coefficient (Wildman–Crippen LogP) is 2.12. The molecule has 2 atom stereocenters. The first kappa shape index (κ1) is 9.16. The highest BCUT2D eigenvalue weighted by Crippen LogP contribution is 2.32. The first-order valence-electron chi connectivity index (χ1n) is 4.85. The first-order chi connectivity index (χ1) is 6.18. The number of aliphatic hydroxyl groups is 1. The summed E-state index contributed by atoms with van der Waals surface area (Å²) in [4.78, 5) is 6.02. The number of fused-ring (bicyclic) bond motifs is 1. The number of hydrogen-bond donors (Lipinski definition) is 1. The molecule has 2 rings (SSSR count). The molecule has 3 heteroatoms. The van der Waals surface area contributed by atoms with Gasteiger partial charge in [0.2, 0.25) is 0 Å². The zero-order valence-corrected chi connectivity index (χ0v) is 8.90. The number of thiazole rings is 1. The lowest BCUT2D eigenvalue weighted by atomic mass is 10.1. The summed E-state index contributed by atoms with van der Waals surface area (Å²) in [7, 11) is 0. The van der Waals surface area contributed by atoms with Gasteiger partial charge in [-0.2, -0.15) is 0 Å². The third-order valence-corrected chi connectivity index (χ3v) is 4.08. The summed E-state index contributed by atoms with van der Waals surface area (Å²) in [5.41, 5.74) is 1.28. The molecule has 0 aromatic carbocycles. The average Bonchev–Trinajstić information content (AvgIpc) is 2.59. The number of aromatic nitrogens is 1. The van der Waals surface area contributed by atoms with E-state index < -0.39 is 0 Å². The van der Waals surface area contributed by atoms with E-state index in [9.17, 15) is 5.11 Å². The number of aliphatic hydroxyl groups excluding tert-OH is 1. The van der Waals surface area contributed by atoms with Crippen molar-refractivity contribution in [2.45, 2.75) is 45.1 Å². The molecule has 0 amide bonds. The maximum absolute atomic E-state index is 9.43. The summed E-state index contributed by atoms with van der Waals surface area (Å²) in [6.07, 6.45) is 3.31. The van der Waals surface area contributed by atoms with Crippen LogP contribution in [0.4, 0.5) is 0 Å². The molecule has 1 heterocycles. The number of hydrogen-bond acceptors (Lipinski definition) is 3. The van der Waals surface area contributed by atoms with Gasteiger partial charge in [-0.15, -0.1) is 11.3 Å². The smallest absolute Gasteiger partial charge is 0.0984 e. The third-order valence-electron chi connectivity index (χ3n) is 2.73. The molecule has 1 aromatic heterocycles. The van der Waals surface area contributed by atoms with Gasteiger partial charge < -0.3 is 5.11 Å². The summed E-state index contributed by atoms with van der Waals surface area (Å²) in [5, 5.41) is 10.5. The van der Waals surface area contributed by atoms with E-state index in [0.717, 1.165) is 11.4 Å². The molecule has 1 aromatic rings. The molecule has 1 aliphatic carbocycles. The minimum Gasteiger partial charge on any atom is -0.393 e. The van der Waals surface area contributed by atoms with Gasteiger partial charge in [0.1, 0.15) is 0 Å². The molecule has 2 nitrogen and oxygen atoms in total. The van der Waals surface area contributed by atoms with Crippen molar-refractivity contribution in [2.75, 3.05) is 0 Å². The Bertz CT molecular complexity index is 284. The standard InChI is InChI=1S/C10H15NOS/c1-6(7(2)12)10-11-8-4-3-5-9(8)13-10/h6-7,12H,3-5H2,1-2H3. The SMILES string of the molecule is CC(O)C(C)c1nc2c(s1)CCC2. The van der Waals surface area contributed by atoms with Crippen LogP contribution in [0.3, 0.4) is 0 Å². The Morgan fingerprint density at radius 3 is 2.77 bits per heavy atom. The second-order valence-electron chi connectivity index (χ2n) is 3.80. The summed E-state index contributed by atoms with van der Waals surface area (Å²) in [6, 6.07) is 0. The predicted molar refractivity (Wildman–Crippen MR) is 54.2 cm³/mol. The monoisotopic (exact) mass is 197 g/mol. The highest BCUT2D eigenvalue weighted by Gasteiger charge is 2.21. The van der Waals surface area contributed by atoms with E-state index in [2.05, 4.69) is 4.98 Å². The Morgan fingerprint density at radius 1 is 1.38 bits per heavy atom. The zero-order chi connectivity index (χ0) is 9.42. The largest absolute Gasteiger partial charge is 0.393 e. The summed E-state index contributed by atoms with van der Waals surface area (Å²) < 4.78 is 0. The molecule has 1 N–H and O–H groups in total. The van der Waals surface area contributed by atoms with Crippen molar-refractivity contribution in [3.05, 3.63) is 15.6 Å². The van der Waals surface area contributed by atoms with Crippen molar-refractivity contribution in [3.63, 3.8) is 0 Å². The van der Waals surface area contributed by atoms with Crippen LogP contribution in [0.25, 0.3) is 0 Å². The van der Waals surface area contributed by atoms with Crippen molar-refractivity contribution >= 4 is 11.3 Å². The molecule has 1 aliphatic rings. The Labute approximate surface area is 82.6 Å². The molecular formula is C10H15NOS. The van der Waals surface area contributed by atoms with Crippen LogP contribution in [0.1, 0.15) is 41.8 Å². The Hall–Kier alpha value is -0.410. The molecule has 13 heavy (non-hydrogen) atoms. The maximum Gasteiger partial charge on any atom is 0.0984 e. The number of aryl methyl sites for hydroxylation is 2. The van der Waals surface area contributed by atoms with E-state index in [4.69, 9.17) is 0 Å². The van der Waals surface area contributed by atoms with Crippen molar-refractivity contribution in [1.82, 2.24) is 4.98 Å². The molecule has 0 saturated heterocycles. The highest BCUT2D eigenvalue weighted by atomic mass is 32.1. The normalized spacial score (nSPS) is 19.9. The fourth-order valence-corrected chi connectivity index (χ4v) is 2.91. The van der Waals surface area contributed by atoms with E-state index in [0.29, 0.717) is 0 Å². The molecule has 0 saturated carbocycles. The Kier molecular flexibility index (Phi) is 2.39. The van der Waals surface area contributed by atoms with Crippen LogP contribution >= 0.6 is 11.3 Å². The summed E-state index contributed by atoms with van der Waals surface area (Å²) in [6.45, 7) is 3.87. The van der Waals surface area contributed by atoms with E-state index >= 15 is 0 Å². The van der Waals surface area contributed by atoms with Gasteiger partial charge in [-0.1, -0.05) is 6.92 Å². The van der Waals surface area contributed by atoms with Gasteiger partial charge in [0.05, 0.1) is 16.8 Å². The molecule has 0 spiro atoms. The van der Waals surface area contributed by atoms with Gasteiger partial charge in [0.25, 0.3) is 0 Å². The van der Waals surface area contributed by atoms with Crippen molar-refractivity contribution < 1.29 is 5.11 Å². The molecule has 0 radical (unpaired) electrons. The van der Waals surface area contributed by atoms with Crippen LogP contribution in [0.15, 0.2) is 0 Å². The number of nitrogens with zero attached hydrogens (tertiary/aromatic N) is 1. The fraction of sp³-hybridized carbons (Fsp3) is 0.700. The molecule has 0 fully saturated rings. The van der Waals surface area contributed by atoms with Gasteiger partial charge in [-0.05, 0) is 26.2 Å². The van der Waals surface area contributed by atoms with Gasteiger partial charge in [-0.25, -0.2) is 4.98 Å². The first-order valence-corrected chi connectivity index (χ1v) is 5.66. The van der Waals surface area contributed by atoms with Gasteiger partial charge in [0.15, 0.2) is 0 Å². The lowest BCUT2D eigenvalue weighted by Crippen LogP contribution is -2.10. The van der Waals surface area contributed by atoms with Crippen molar-refractivity contribution in [2.24, 2.45) is 0 Å². The van der Waals surface area contributed by atoms with E-state index in [-0.39, 0.29) is 12.0 Å². The minimum atomic E-state index is -0.286. The summed E-state index contributed by atoms with van der Waals surface area (Å²) in [5.74, 6) is 0.190. The molecule has 0 aliphatic heterocycles. The van der Waals surface area contributed by atoms with Gasteiger partial charge in [0, 0.05) is 10.8 Å². The fourth-order valence-electron chi connectivity index (χ4n) is 1.61. The Morgan fingerprint density at radius 2 is 2.15 bits per heavy atom. The van der Waals surface area contributed by atoms with Crippen molar-refractivity contribution in [3.8, 4) is 0 Å². The zero-order valence-electron chi connectivity index (χ0n) is 8.08. The van der Waals surface area contributed by atoms with Crippen LogP contribution in [0, 0.1) is 0 Å². The molecule has 2 unspecified atom stereocenters. The lowest BCUT2D eigenvalue weighted by Gasteiger charge is -2.10. The second kappa shape index (κ2) is 3.39. The van der Waals surface area contributed by atoms with Crippen LogP contribution in [0.2, 0.25) is 0 Å². The van der Waals surface area contributed by atoms with Crippen LogP contribution in [-0.4, -0.2) is 16.2 Å². The second-order valence-corrected chi connectivity index (χ2v) is 4.92. The molecule has 0 bridgehead atoms. The van der Waals surface area contributed by atoms with E-state index in [1.807, 2.05) is 13.8 Å². The average molecular weight is 197 g/mol. The van der Waals surface area contributed by atoms with Gasteiger partial charge in [-0.3, -0.25) is 0 Å². The van der Waals surface area contributed by atoms with E-state index in [1.54, 1.807) is 11.3 Å². The lowest BCUT2D eigenvalue weighted by molar-refractivity contribution is 0.169. The number of rotatable bonds is 2. The van der Waals surface area contributed by atoms with Crippen LogP contribution in [0.5, 0.6) is 0 Å². The molecule has 72 valence electrons. The topological polar surface area (TPSA) is 33.1 Å². The van der Waals surface area contributed by atoms with Crippen LogP contribution < -0.4 is 0 Å². The summed E-state index contributed by atoms with van der Waals surface area (Å²) >= 11 is 1.79. The van der Waals surface area contributed by atoms with Crippen LogP contribution in [-0.2, 0) is 12.8 Å². The quantitative estimate of drug-likeness (QED) is 0.787. The molecular weight excluding hydrogens is 182 g/mol. The highest BCUT2D eigenvalue weighted by molar-refractivity contribution is 7.11. The Balaban J connectivity index is 2.23. The minimum absolute atomic E-state index is 0.190. The third kappa shape index (κ3) is 1.63. The van der Waals surface area contributed by atoms with E-state index in [1.165, 1.54) is 23.4 Å².